The van der Waals surface area contributed by atoms with Gasteiger partial charge >= 0.3 is 0 Å². The van der Waals surface area contributed by atoms with Gasteiger partial charge in [0.15, 0.2) is 0 Å². The lowest BCUT2D eigenvalue weighted by molar-refractivity contribution is 0.647. The Morgan fingerprint density at radius 2 is 1.71 bits per heavy atom. The van der Waals surface area contributed by atoms with Crippen molar-refractivity contribution >= 4 is 23.2 Å². The number of hydrogen-bond acceptors (Lipinski definition) is 2. The van der Waals surface area contributed by atoms with Gasteiger partial charge in [0.05, 0.1) is 22.4 Å². The van der Waals surface area contributed by atoms with E-state index in [1.165, 1.54) is 11.1 Å². The summed E-state index contributed by atoms with van der Waals surface area (Å²) in [4.78, 5) is 9.57. The molecule has 24 heavy (non-hydrogen) atoms. The van der Waals surface area contributed by atoms with Gasteiger partial charge in [0.1, 0.15) is 0 Å². The van der Waals surface area contributed by atoms with Crippen LogP contribution in [-0.2, 0) is 6.42 Å². The van der Waals surface area contributed by atoms with Gasteiger partial charge in [-0.1, -0.05) is 53.0 Å². The van der Waals surface area contributed by atoms with Gasteiger partial charge in [-0.25, -0.2) is 9.97 Å². The average molecular weight is 320 g/mol. The summed E-state index contributed by atoms with van der Waals surface area (Å²) in [6.07, 6.45) is 7.81. The summed E-state index contributed by atoms with van der Waals surface area (Å²) in [5.41, 5.74) is 6.03. The molecule has 1 heterocycles. The highest BCUT2D eigenvalue weighted by molar-refractivity contribution is 5.79. The summed E-state index contributed by atoms with van der Waals surface area (Å²) in [6.45, 7) is 16.7. The van der Waals surface area contributed by atoms with Crippen LogP contribution in [0.15, 0.2) is 43.0 Å². The van der Waals surface area contributed by atoms with E-state index in [4.69, 9.17) is 9.97 Å². The Balaban J connectivity index is 2.52. The van der Waals surface area contributed by atoms with Crippen molar-refractivity contribution in [2.45, 2.75) is 40.5 Å². The molecule has 0 radical (unpaired) electrons. The van der Waals surface area contributed by atoms with Crippen LogP contribution >= 0.6 is 0 Å². The van der Waals surface area contributed by atoms with Crippen molar-refractivity contribution in [3.63, 3.8) is 0 Å². The highest BCUT2D eigenvalue weighted by Gasteiger charge is 2.08. The minimum atomic E-state index is 0.576. The van der Waals surface area contributed by atoms with Gasteiger partial charge < -0.3 is 0 Å². The molecule has 0 aliphatic carbocycles. The fourth-order valence-corrected chi connectivity index (χ4v) is 2.83. The second-order valence-electron chi connectivity index (χ2n) is 7.14. The van der Waals surface area contributed by atoms with E-state index in [-0.39, 0.29) is 0 Å². The fourth-order valence-electron chi connectivity index (χ4n) is 2.83. The molecule has 0 spiro atoms. The minimum Gasteiger partial charge on any atom is -0.245 e. The second-order valence-corrected chi connectivity index (χ2v) is 7.14. The number of nitrogens with zero attached hydrogens (tertiary/aromatic N) is 2. The van der Waals surface area contributed by atoms with E-state index in [1.54, 1.807) is 6.08 Å². The number of fused-ring (bicyclic) bond motifs is 1. The second kappa shape index (κ2) is 8.05. The zero-order chi connectivity index (χ0) is 17.7. The van der Waals surface area contributed by atoms with Crippen molar-refractivity contribution < 1.29 is 0 Å². The average Bonchev–Trinajstić information content (AvgIpc) is 2.52. The number of benzene rings is 1. The topological polar surface area (TPSA) is 25.8 Å². The zero-order valence-corrected chi connectivity index (χ0v) is 15.3. The Bertz CT molecular complexity index is 767. The number of hydrogen-bond donors (Lipinski definition) is 0. The maximum absolute atomic E-state index is 4.85. The molecule has 0 aliphatic rings. The molecule has 1 aromatic carbocycles. The van der Waals surface area contributed by atoms with Crippen molar-refractivity contribution in [3.05, 3.63) is 60.0 Å². The monoisotopic (exact) mass is 320 g/mol. The molecule has 0 N–H and O–H groups in total. The summed E-state index contributed by atoms with van der Waals surface area (Å²) < 4.78 is 0. The Morgan fingerprint density at radius 1 is 1.00 bits per heavy atom. The normalized spacial score (nSPS) is 12.2. The van der Waals surface area contributed by atoms with Crippen LogP contribution in [0.4, 0.5) is 0 Å². The van der Waals surface area contributed by atoms with E-state index in [0.717, 1.165) is 35.3 Å². The van der Waals surface area contributed by atoms with Crippen LogP contribution in [0.3, 0.4) is 0 Å². The number of rotatable bonds is 7. The predicted octanol–water partition coefficient (Wildman–Crippen LogP) is 6.09. The van der Waals surface area contributed by atoms with E-state index in [2.05, 4.69) is 65.1 Å². The molecule has 0 aliphatic heterocycles. The SMILES string of the molecule is C=C/C(=C\c1nc2cc(CC(C)C)ccc2nc1C=C)CC(C)C. The third-order valence-electron chi connectivity index (χ3n) is 3.85. The van der Waals surface area contributed by atoms with Gasteiger partial charge in [-0.3, -0.25) is 0 Å². The summed E-state index contributed by atoms with van der Waals surface area (Å²) in [5, 5.41) is 0. The zero-order valence-electron chi connectivity index (χ0n) is 15.3. The van der Waals surface area contributed by atoms with E-state index in [1.807, 2.05) is 6.08 Å². The molecule has 0 bridgehead atoms. The maximum Gasteiger partial charge on any atom is 0.0897 e. The molecule has 0 amide bonds. The molecular weight excluding hydrogens is 292 g/mol. The number of allylic oxidation sites excluding steroid dienone is 2. The van der Waals surface area contributed by atoms with Gasteiger partial charge in [0.25, 0.3) is 0 Å². The molecule has 0 saturated carbocycles. The fraction of sp³-hybridized carbons (Fsp3) is 0.364. The van der Waals surface area contributed by atoms with Gasteiger partial charge in [-0.15, -0.1) is 0 Å². The van der Waals surface area contributed by atoms with E-state index in [9.17, 15) is 0 Å². The number of aromatic nitrogens is 2. The van der Waals surface area contributed by atoms with Crippen molar-refractivity contribution in [1.29, 1.82) is 0 Å². The lowest BCUT2D eigenvalue weighted by Gasteiger charge is -2.09. The van der Waals surface area contributed by atoms with Crippen LogP contribution in [0.2, 0.25) is 0 Å². The molecule has 126 valence electrons. The quantitative estimate of drug-likeness (QED) is 0.577. The van der Waals surface area contributed by atoms with Crippen LogP contribution in [0.25, 0.3) is 23.2 Å². The van der Waals surface area contributed by atoms with E-state index >= 15 is 0 Å². The first-order valence-electron chi connectivity index (χ1n) is 8.69. The third-order valence-corrected chi connectivity index (χ3v) is 3.85. The van der Waals surface area contributed by atoms with E-state index in [0.29, 0.717) is 11.8 Å². The molecular formula is C22H28N2. The molecule has 2 nitrogen and oxygen atoms in total. The van der Waals surface area contributed by atoms with E-state index < -0.39 is 0 Å². The molecule has 2 heteroatoms. The van der Waals surface area contributed by atoms with Crippen molar-refractivity contribution in [2.75, 3.05) is 0 Å². The first-order chi connectivity index (χ1) is 11.4. The Hall–Kier alpha value is -2.22. The van der Waals surface area contributed by atoms with Crippen LogP contribution in [0.1, 0.15) is 51.1 Å². The summed E-state index contributed by atoms with van der Waals surface area (Å²) in [7, 11) is 0. The molecule has 2 rings (SSSR count). The highest BCUT2D eigenvalue weighted by Crippen LogP contribution is 2.21. The lowest BCUT2D eigenvalue weighted by Crippen LogP contribution is -1.98. The predicted molar refractivity (Wildman–Crippen MR) is 106 cm³/mol. The summed E-state index contributed by atoms with van der Waals surface area (Å²) in [5.74, 6) is 1.20. The molecule has 0 unspecified atom stereocenters. The minimum absolute atomic E-state index is 0.576. The molecule has 2 aromatic rings. The Morgan fingerprint density at radius 3 is 2.29 bits per heavy atom. The smallest absolute Gasteiger partial charge is 0.0897 e. The third kappa shape index (κ3) is 4.64. The van der Waals surface area contributed by atoms with Crippen LogP contribution in [-0.4, -0.2) is 9.97 Å². The maximum atomic E-state index is 4.85. The van der Waals surface area contributed by atoms with Crippen molar-refractivity contribution in [1.82, 2.24) is 9.97 Å². The largest absolute Gasteiger partial charge is 0.245 e. The Kier molecular flexibility index (Phi) is 6.08. The van der Waals surface area contributed by atoms with Crippen molar-refractivity contribution in [3.8, 4) is 0 Å². The molecule has 0 fully saturated rings. The lowest BCUT2D eigenvalue weighted by atomic mass is 10.0. The summed E-state index contributed by atoms with van der Waals surface area (Å²) in [6, 6.07) is 6.36. The van der Waals surface area contributed by atoms with Gasteiger partial charge in [-0.05, 0) is 60.1 Å². The molecule has 1 aromatic heterocycles. The van der Waals surface area contributed by atoms with Gasteiger partial charge in [-0.2, -0.15) is 0 Å². The van der Waals surface area contributed by atoms with Crippen LogP contribution in [0.5, 0.6) is 0 Å². The standard InChI is InChI=1S/C22H28N2/c1-7-17(11-15(3)4)13-21-19(8-2)23-20-10-9-18(12-16(5)6)14-22(20)24-21/h7-10,13-16H,1-2,11-12H2,3-6H3/b17-13+. The van der Waals surface area contributed by atoms with Crippen LogP contribution in [0, 0.1) is 11.8 Å². The molecule has 0 atom stereocenters. The first-order valence-corrected chi connectivity index (χ1v) is 8.69. The summed E-state index contributed by atoms with van der Waals surface area (Å²) >= 11 is 0. The first kappa shape index (κ1) is 18.1. The van der Waals surface area contributed by atoms with Crippen LogP contribution < -0.4 is 0 Å². The highest BCUT2D eigenvalue weighted by atomic mass is 14.8. The van der Waals surface area contributed by atoms with Crippen molar-refractivity contribution in [2.24, 2.45) is 11.8 Å². The van der Waals surface area contributed by atoms with Gasteiger partial charge in [0.2, 0.25) is 0 Å². The molecule has 0 saturated heterocycles. The Labute approximate surface area is 146 Å². The van der Waals surface area contributed by atoms with Gasteiger partial charge in [0, 0.05) is 0 Å².